The fourth-order valence-corrected chi connectivity index (χ4v) is 3.58. The second kappa shape index (κ2) is 10.1. The SMILES string of the molecule is CCCCNC(=O)COC(=O)c1ccc(NS(=O)(=O)c2ccc(C)c(C)c2)cc1. The number of hydrogen-bond acceptors (Lipinski definition) is 5. The predicted octanol–water partition coefficient (Wildman–Crippen LogP) is 3.18. The summed E-state index contributed by atoms with van der Waals surface area (Å²) < 4.78 is 32.5. The van der Waals surface area contributed by atoms with Gasteiger partial charge >= 0.3 is 5.97 Å². The second-order valence-electron chi connectivity index (χ2n) is 6.71. The Kier molecular flexibility index (Phi) is 7.78. The highest BCUT2D eigenvalue weighted by Gasteiger charge is 2.16. The number of nitrogens with one attached hydrogen (secondary N) is 2. The summed E-state index contributed by atoms with van der Waals surface area (Å²) in [5, 5.41) is 2.66. The summed E-state index contributed by atoms with van der Waals surface area (Å²) in [4.78, 5) is 23.8. The van der Waals surface area contributed by atoms with Crippen molar-refractivity contribution in [2.24, 2.45) is 0 Å². The van der Waals surface area contributed by atoms with E-state index < -0.39 is 16.0 Å². The lowest BCUT2D eigenvalue weighted by Crippen LogP contribution is -2.29. The van der Waals surface area contributed by atoms with Gasteiger partial charge in [-0.2, -0.15) is 0 Å². The highest BCUT2D eigenvalue weighted by Crippen LogP contribution is 2.19. The molecule has 2 aromatic rings. The molecular formula is C21H26N2O5S. The second-order valence-corrected chi connectivity index (χ2v) is 8.39. The number of unbranched alkanes of at least 4 members (excludes halogenated alkanes) is 1. The molecule has 0 bridgehead atoms. The van der Waals surface area contributed by atoms with Crippen LogP contribution in [0.2, 0.25) is 0 Å². The molecule has 0 aliphatic rings. The minimum absolute atomic E-state index is 0.165. The van der Waals surface area contributed by atoms with E-state index in [-0.39, 0.29) is 23.0 Å². The summed E-state index contributed by atoms with van der Waals surface area (Å²) in [7, 11) is -3.74. The quantitative estimate of drug-likeness (QED) is 0.481. The van der Waals surface area contributed by atoms with Crippen LogP contribution < -0.4 is 10.0 Å². The third-order valence-corrected chi connectivity index (χ3v) is 5.73. The maximum absolute atomic E-state index is 12.5. The molecule has 0 saturated heterocycles. The Morgan fingerprint density at radius 1 is 1.00 bits per heavy atom. The first-order valence-corrected chi connectivity index (χ1v) is 10.8. The van der Waals surface area contributed by atoms with Crippen molar-refractivity contribution in [3.63, 3.8) is 0 Å². The summed E-state index contributed by atoms with van der Waals surface area (Å²) in [6.07, 6.45) is 1.82. The number of anilines is 1. The van der Waals surface area contributed by atoms with Gasteiger partial charge in [-0.1, -0.05) is 19.4 Å². The topological polar surface area (TPSA) is 102 Å². The van der Waals surface area contributed by atoms with Gasteiger partial charge in [-0.15, -0.1) is 0 Å². The first kappa shape index (κ1) is 22.4. The van der Waals surface area contributed by atoms with Gasteiger partial charge in [-0.3, -0.25) is 9.52 Å². The largest absolute Gasteiger partial charge is 0.452 e. The van der Waals surface area contributed by atoms with Crippen molar-refractivity contribution in [2.75, 3.05) is 17.9 Å². The zero-order valence-electron chi connectivity index (χ0n) is 16.8. The molecule has 2 aromatic carbocycles. The van der Waals surface area contributed by atoms with Gasteiger partial charge in [0, 0.05) is 12.2 Å². The third-order valence-electron chi connectivity index (χ3n) is 4.35. The lowest BCUT2D eigenvalue weighted by atomic mass is 10.1. The number of benzene rings is 2. The van der Waals surface area contributed by atoms with E-state index >= 15 is 0 Å². The molecule has 0 radical (unpaired) electrons. The summed E-state index contributed by atoms with van der Waals surface area (Å²) in [5.41, 5.74) is 2.42. The van der Waals surface area contributed by atoms with E-state index in [0.717, 1.165) is 24.0 Å². The molecule has 0 saturated carbocycles. The zero-order valence-corrected chi connectivity index (χ0v) is 17.6. The van der Waals surface area contributed by atoms with Crippen molar-refractivity contribution in [3.8, 4) is 0 Å². The molecule has 2 rings (SSSR count). The van der Waals surface area contributed by atoms with Crippen LogP contribution in [0.15, 0.2) is 47.4 Å². The summed E-state index contributed by atoms with van der Waals surface area (Å²) in [5.74, 6) is -1.01. The number of sulfonamides is 1. The Morgan fingerprint density at radius 2 is 1.69 bits per heavy atom. The molecule has 8 heteroatoms. The maximum atomic E-state index is 12.5. The molecule has 0 atom stereocenters. The van der Waals surface area contributed by atoms with E-state index in [2.05, 4.69) is 10.0 Å². The van der Waals surface area contributed by atoms with Gasteiger partial charge < -0.3 is 10.1 Å². The predicted molar refractivity (Wildman–Crippen MR) is 111 cm³/mol. The van der Waals surface area contributed by atoms with E-state index in [1.54, 1.807) is 18.2 Å². The fraction of sp³-hybridized carbons (Fsp3) is 0.333. The Hall–Kier alpha value is -2.87. The number of ether oxygens (including phenoxy) is 1. The van der Waals surface area contributed by atoms with Crippen molar-refractivity contribution in [1.82, 2.24) is 5.32 Å². The molecule has 0 aromatic heterocycles. The number of rotatable bonds is 9. The lowest BCUT2D eigenvalue weighted by molar-refractivity contribution is -0.124. The Bertz CT molecular complexity index is 969. The number of carbonyl (C=O) groups excluding carboxylic acids is 2. The molecule has 0 heterocycles. The van der Waals surface area contributed by atoms with Crippen LogP contribution in [0.3, 0.4) is 0 Å². The van der Waals surface area contributed by atoms with Gasteiger partial charge in [-0.05, 0) is 67.8 Å². The van der Waals surface area contributed by atoms with Crippen molar-refractivity contribution in [3.05, 3.63) is 59.2 Å². The smallest absolute Gasteiger partial charge is 0.338 e. The highest BCUT2D eigenvalue weighted by molar-refractivity contribution is 7.92. The van der Waals surface area contributed by atoms with Crippen LogP contribution in [0, 0.1) is 13.8 Å². The number of aryl methyl sites for hydroxylation is 2. The highest BCUT2D eigenvalue weighted by atomic mass is 32.2. The number of esters is 1. The normalized spacial score (nSPS) is 11.0. The Morgan fingerprint density at radius 3 is 2.31 bits per heavy atom. The van der Waals surface area contributed by atoms with Crippen LogP contribution in [-0.2, 0) is 19.6 Å². The number of hydrogen-bond donors (Lipinski definition) is 2. The van der Waals surface area contributed by atoms with E-state index in [4.69, 9.17) is 4.74 Å². The molecule has 29 heavy (non-hydrogen) atoms. The molecule has 2 N–H and O–H groups in total. The van der Waals surface area contributed by atoms with Gasteiger partial charge in [0.05, 0.1) is 10.5 Å². The molecule has 156 valence electrons. The molecule has 0 spiro atoms. The van der Waals surface area contributed by atoms with E-state index in [0.29, 0.717) is 12.2 Å². The zero-order chi connectivity index (χ0) is 21.4. The molecule has 0 aliphatic carbocycles. The maximum Gasteiger partial charge on any atom is 0.338 e. The van der Waals surface area contributed by atoms with E-state index in [1.807, 2.05) is 20.8 Å². The van der Waals surface area contributed by atoms with Crippen LogP contribution in [0.1, 0.15) is 41.3 Å². The first-order valence-electron chi connectivity index (χ1n) is 9.37. The van der Waals surface area contributed by atoms with Crippen molar-refractivity contribution in [2.45, 2.75) is 38.5 Å². The van der Waals surface area contributed by atoms with Crippen LogP contribution in [0.4, 0.5) is 5.69 Å². The summed E-state index contributed by atoms with van der Waals surface area (Å²) >= 11 is 0. The minimum atomic E-state index is -3.74. The summed E-state index contributed by atoms with van der Waals surface area (Å²) in [6.45, 7) is 5.95. The van der Waals surface area contributed by atoms with Crippen molar-refractivity contribution >= 4 is 27.6 Å². The first-order chi connectivity index (χ1) is 13.7. The number of carbonyl (C=O) groups is 2. The average molecular weight is 419 g/mol. The van der Waals surface area contributed by atoms with Crippen molar-refractivity contribution in [1.29, 1.82) is 0 Å². The molecule has 0 unspecified atom stereocenters. The van der Waals surface area contributed by atoms with Crippen LogP contribution >= 0.6 is 0 Å². The summed E-state index contributed by atoms with van der Waals surface area (Å²) in [6, 6.07) is 10.7. The monoisotopic (exact) mass is 418 g/mol. The van der Waals surface area contributed by atoms with Gasteiger partial charge in [0.25, 0.3) is 15.9 Å². The van der Waals surface area contributed by atoms with Crippen molar-refractivity contribution < 1.29 is 22.7 Å². The van der Waals surface area contributed by atoms with Crippen LogP contribution in [0.25, 0.3) is 0 Å². The van der Waals surface area contributed by atoms with Gasteiger partial charge in [0.15, 0.2) is 6.61 Å². The Labute approximate surface area is 171 Å². The van der Waals surface area contributed by atoms with Gasteiger partial charge in [-0.25, -0.2) is 13.2 Å². The van der Waals surface area contributed by atoms with E-state index in [9.17, 15) is 18.0 Å². The van der Waals surface area contributed by atoms with Crippen LogP contribution in [-0.4, -0.2) is 33.4 Å². The minimum Gasteiger partial charge on any atom is -0.452 e. The van der Waals surface area contributed by atoms with Crippen LogP contribution in [0.5, 0.6) is 0 Å². The molecular weight excluding hydrogens is 392 g/mol. The van der Waals surface area contributed by atoms with Gasteiger partial charge in [0.2, 0.25) is 0 Å². The number of amides is 1. The van der Waals surface area contributed by atoms with Gasteiger partial charge in [0.1, 0.15) is 0 Å². The molecule has 7 nitrogen and oxygen atoms in total. The molecule has 0 aliphatic heterocycles. The lowest BCUT2D eigenvalue weighted by Gasteiger charge is -2.10. The molecule has 0 fully saturated rings. The average Bonchev–Trinajstić information content (AvgIpc) is 2.68. The van der Waals surface area contributed by atoms with E-state index in [1.165, 1.54) is 24.3 Å². The Balaban J connectivity index is 1.96. The molecule has 1 amide bonds. The fourth-order valence-electron chi connectivity index (χ4n) is 2.44. The standard InChI is InChI=1S/C21H26N2O5S/c1-4-5-12-22-20(24)14-28-21(25)17-7-9-18(10-8-17)23-29(26,27)19-11-6-15(2)16(3)13-19/h6-11,13,23H,4-5,12,14H2,1-3H3,(H,22,24). The third kappa shape index (κ3) is 6.60.